The minimum absolute atomic E-state index is 0.203. The van der Waals surface area contributed by atoms with E-state index in [1.165, 1.54) is 6.07 Å². The monoisotopic (exact) mass is 347 g/mol. The molecule has 0 radical (unpaired) electrons. The van der Waals surface area contributed by atoms with Gasteiger partial charge in [0.15, 0.2) is 12.6 Å². The van der Waals surface area contributed by atoms with Crippen LogP contribution in [0.3, 0.4) is 0 Å². The Bertz CT molecular complexity index is 508. The van der Waals surface area contributed by atoms with Gasteiger partial charge in [0.2, 0.25) is 0 Å². The Labute approximate surface area is 140 Å². The smallest absolute Gasteiger partial charge is 0.422 e. The number of rotatable bonds is 9. The standard InChI is InChI=1S/C16H24F3N3O2/c1-3-23-10-6-9-21-15(20-2)22-11-13-7-4-5-8-14(13)24-12-16(17,18)19/h4-5,7-8H,3,6,9-12H2,1-2H3,(H2,20,21,22). The second-order valence-corrected chi connectivity index (χ2v) is 4.91. The number of nitrogens with zero attached hydrogens (tertiary/aromatic N) is 1. The van der Waals surface area contributed by atoms with Crippen molar-refractivity contribution in [1.29, 1.82) is 0 Å². The summed E-state index contributed by atoms with van der Waals surface area (Å²) < 4.78 is 47.0. The van der Waals surface area contributed by atoms with E-state index >= 15 is 0 Å². The third-order valence-corrected chi connectivity index (χ3v) is 3.00. The molecule has 0 spiro atoms. The zero-order valence-corrected chi connectivity index (χ0v) is 13.9. The van der Waals surface area contributed by atoms with Crippen molar-refractivity contribution in [2.24, 2.45) is 4.99 Å². The number of para-hydroxylation sites is 1. The van der Waals surface area contributed by atoms with E-state index in [4.69, 9.17) is 9.47 Å². The topological polar surface area (TPSA) is 54.9 Å². The molecule has 1 aromatic carbocycles. The van der Waals surface area contributed by atoms with Gasteiger partial charge < -0.3 is 20.1 Å². The number of hydrogen-bond acceptors (Lipinski definition) is 3. The molecule has 0 saturated carbocycles. The van der Waals surface area contributed by atoms with E-state index in [2.05, 4.69) is 15.6 Å². The Balaban J connectivity index is 2.47. The molecular weight excluding hydrogens is 323 g/mol. The summed E-state index contributed by atoms with van der Waals surface area (Å²) in [7, 11) is 1.63. The average molecular weight is 347 g/mol. The third kappa shape index (κ3) is 8.61. The fourth-order valence-corrected chi connectivity index (χ4v) is 1.88. The van der Waals surface area contributed by atoms with Crippen molar-refractivity contribution in [3.63, 3.8) is 0 Å². The molecule has 0 bridgehead atoms. The summed E-state index contributed by atoms with van der Waals surface area (Å²) in [6.07, 6.45) is -3.53. The highest BCUT2D eigenvalue weighted by Crippen LogP contribution is 2.21. The number of alkyl halides is 3. The van der Waals surface area contributed by atoms with Gasteiger partial charge in [-0.15, -0.1) is 0 Å². The molecule has 0 amide bonds. The molecule has 0 unspecified atom stereocenters. The zero-order valence-electron chi connectivity index (χ0n) is 13.9. The molecule has 24 heavy (non-hydrogen) atoms. The molecule has 1 aromatic rings. The van der Waals surface area contributed by atoms with Gasteiger partial charge in [0.1, 0.15) is 5.75 Å². The maximum absolute atomic E-state index is 12.3. The summed E-state index contributed by atoms with van der Waals surface area (Å²) in [5, 5.41) is 6.16. The molecule has 5 nitrogen and oxygen atoms in total. The van der Waals surface area contributed by atoms with Crippen LogP contribution >= 0.6 is 0 Å². The van der Waals surface area contributed by atoms with Crippen LogP contribution in [0.1, 0.15) is 18.9 Å². The Kier molecular flexibility index (Phi) is 8.99. The van der Waals surface area contributed by atoms with E-state index in [-0.39, 0.29) is 5.75 Å². The second-order valence-electron chi connectivity index (χ2n) is 4.91. The van der Waals surface area contributed by atoms with Crippen LogP contribution in [0.25, 0.3) is 0 Å². The Morgan fingerprint density at radius 3 is 2.62 bits per heavy atom. The van der Waals surface area contributed by atoms with Gasteiger partial charge in [-0.2, -0.15) is 13.2 Å². The Morgan fingerprint density at radius 1 is 1.21 bits per heavy atom. The minimum atomic E-state index is -4.36. The van der Waals surface area contributed by atoms with Crippen molar-refractivity contribution < 1.29 is 22.6 Å². The lowest BCUT2D eigenvalue weighted by Crippen LogP contribution is -2.37. The van der Waals surface area contributed by atoms with Crippen molar-refractivity contribution in [3.05, 3.63) is 29.8 Å². The maximum atomic E-state index is 12.3. The van der Waals surface area contributed by atoms with E-state index in [1.807, 2.05) is 6.92 Å². The number of hydrogen-bond donors (Lipinski definition) is 2. The first-order valence-corrected chi connectivity index (χ1v) is 7.76. The van der Waals surface area contributed by atoms with E-state index in [1.54, 1.807) is 25.2 Å². The van der Waals surface area contributed by atoms with E-state index < -0.39 is 12.8 Å². The van der Waals surface area contributed by atoms with Crippen molar-refractivity contribution in [3.8, 4) is 5.75 Å². The summed E-state index contributed by atoms with van der Waals surface area (Å²) in [6, 6.07) is 6.61. The number of nitrogens with one attached hydrogen (secondary N) is 2. The first kappa shape index (κ1) is 20.1. The van der Waals surface area contributed by atoms with Crippen molar-refractivity contribution >= 4 is 5.96 Å². The SMILES string of the molecule is CCOCCCNC(=NC)NCc1ccccc1OCC(F)(F)F. The van der Waals surface area contributed by atoms with Crippen LogP contribution in [0, 0.1) is 0 Å². The van der Waals surface area contributed by atoms with Crippen LogP contribution in [0.5, 0.6) is 5.75 Å². The molecule has 0 saturated heterocycles. The number of benzene rings is 1. The predicted molar refractivity (Wildman–Crippen MR) is 87.3 cm³/mol. The highest BCUT2D eigenvalue weighted by atomic mass is 19.4. The zero-order chi connectivity index (χ0) is 17.8. The Morgan fingerprint density at radius 2 is 1.96 bits per heavy atom. The molecular formula is C16H24F3N3O2. The molecule has 1 rings (SSSR count). The van der Waals surface area contributed by atoms with Crippen LogP contribution in [-0.4, -0.2) is 45.5 Å². The van der Waals surface area contributed by atoms with E-state index in [0.29, 0.717) is 37.8 Å². The largest absolute Gasteiger partial charge is 0.484 e. The highest BCUT2D eigenvalue weighted by Gasteiger charge is 2.28. The summed E-state index contributed by atoms with van der Waals surface area (Å²) in [4.78, 5) is 4.07. The Hall–Kier alpha value is -1.96. The van der Waals surface area contributed by atoms with Gasteiger partial charge in [0.25, 0.3) is 0 Å². The van der Waals surface area contributed by atoms with Crippen molar-refractivity contribution in [2.75, 3.05) is 33.4 Å². The van der Waals surface area contributed by atoms with Gasteiger partial charge in [0, 0.05) is 38.9 Å². The first-order valence-electron chi connectivity index (χ1n) is 7.76. The lowest BCUT2D eigenvalue weighted by molar-refractivity contribution is -0.153. The van der Waals surface area contributed by atoms with Gasteiger partial charge in [-0.3, -0.25) is 4.99 Å². The fraction of sp³-hybridized carbons (Fsp3) is 0.562. The molecule has 8 heteroatoms. The number of aliphatic imine (C=N–C) groups is 1. The summed E-state index contributed by atoms with van der Waals surface area (Å²) in [6.45, 7) is 2.96. The van der Waals surface area contributed by atoms with Crippen LogP contribution in [0.2, 0.25) is 0 Å². The summed E-state index contributed by atoms with van der Waals surface area (Å²) in [5.74, 6) is 0.770. The lowest BCUT2D eigenvalue weighted by Gasteiger charge is -2.15. The van der Waals surface area contributed by atoms with Crippen LogP contribution in [-0.2, 0) is 11.3 Å². The summed E-state index contributed by atoms with van der Waals surface area (Å²) in [5.41, 5.74) is 0.624. The van der Waals surface area contributed by atoms with Gasteiger partial charge in [-0.1, -0.05) is 18.2 Å². The molecule has 0 aliphatic heterocycles. The average Bonchev–Trinajstić information content (AvgIpc) is 2.55. The van der Waals surface area contributed by atoms with Crippen LogP contribution < -0.4 is 15.4 Å². The first-order chi connectivity index (χ1) is 11.5. The number of ether oxygens (including phenoxy) is 2. The molecule has 0 fully saturated rings. The lowest BCUT2D eigenvalue weighted by atomic mass is 10.2. The predicted octanol–water partition coefficient (Wildman–Crippen LogP) is 2.72. The number of guanidine groups is 1. The molecule has 2 N–H and O–H groups in total. The molecule has 0 heterocycles. The molecule has 0 aliphatic rings. The van der Waals surface area contributed by atoms with Gasteiger partial charge >= 0.3 is 6.18 Å². The molecule has 0 aromatic heterocycles. The fourth-order valence-electron chi connectivity index (χ4n) is 1.88. The third-order valence-electron chi connectivity index (χ3n) is 3.00. The summed E-state index contributed by atoms with van der Waals surface area (Å²) >= 11 is 0. The highest BCUT2D eigenvalue weighted by molar-refractivity contribution is 5.79. The van der Waals surface area contributed by atoms with E-state index in [9.17, 15) is 13.2 Å². The molecule has 0 aliphatic carbocycles. The maximum Gasteiger partial charge on any atom is 0.422 e. The van der Waals surface area contributed by atoms with Gasteiger partial charge in [-0.05, 0) is 19.4 Å². The van der Waals surface area contributed by atoms with Crippen LogP contribution in [0.15, 0.2) is 29.3 Å². The quantitative estimate of drug-likeness (QED) is 0.410. The van der Waals surface area contributed by atoms with Crippen molar-refractivity contribution in [1.82, 2.24) is 10.6 Å². The normalized spacial score (nSPS) is 12.1. The molecule has 136 valence electrons. The van der Waals surface area contributed by atoms with E-state index in [0.717, 1.165) is 6.42 Å². The molecule has 0 atom stereocenters. The minimum Gasteiger partial charge on any atom is -0.484 e. The van der Waals surface area contributed by atoms with Gasteiger partial charge in [0.05, 0.1) is 0 Å². The van der Waals surface area contributed by atoms with Gasteiger partial charge in [-0.25, -0.2) is 0 Å². The van der Waals surface area contributed by atoms with Crippen molar-refractivity contribution in [2.45, 2.75) is 26.1 Å². The second kappa shape index (κ2) is 10.7. The number of halogens is 3. The van der Waals surface area contributed by atoms with Crippen LogP contribution in [0.4, 0.5) is 13.2 Å².